The Labute approximate surface area is 205 Å². The number of likely N-dealkylation sites (tertiary alicyclic amines) is 1. The minimum absolute atomic E-state index is 0.0556. The Bertz CT molecular complexity index is 1100. The highest BCUT2D eigenvalue weighted by Crippen LogP contribution is 2.44. The summed E-state index contributed by atoms with van der Waals surface area (Å²) < 4.78 is 5.76. The van der Waals surface area contributed by atoms with Crippen LogP contribution in [0.1, 0.15) is 56.1 Å². The number of carboxylic acids is 1. The summed E-state index contributed by atoms with van der Waals surface area (Å²) in [6.45, 7) is 2.87. The Morgan fingerprint density at radius 1 is 1.06 bits per heavy atom. The Kier molecular flexibility index (Phi) is 6.26. The predicted octanol–water partition coefficient (Wildman–Crippen LogP) is 4.41. The molecule has 0 spiro atoms. The Morgan fingerprint density at radius 2 is 1.71 bits per heavy atom. The van der Waals surface area contributed by atoms with Crippen LogP contribution >= 0.6 is 0 Å². The van der Waals surface area contributed by atoms with E-state index in [9.17, 15) is 19.5 Å². The maximum Gasteiger partial charge on any atom is 0.408 e. The van der Waals surface area contributed by atoms with Crippen LogP contribution in [0.5, 0.6) is 0 Å². The molecule has 3 aliphatic rings. The molecule has 2 aromatic carbocycles. The zero-order valence-corrected chi connectivity index (χ0v) is 20.0. The largest absolute Gasteiger partial charge is 0.481 e. The molecular weight excluding hydrogens is 444 g/mol. The van der Waals surface area contributed by atoms with Gasteiger partial charge < -0.3 is 20.1 Å². The molecule has 7 heteroatoms. The van der Waals surface area contributed by atoms with E-state index in [1.165, 1.54) is 0 Å². The minimum atomic E-state index is -1.05. The molecule has 0 bridgehead atoms. The van der Waals surface area contributed by atoms with Crippen LogP contribution in [-0.4, -0.2) is 53.2 Å². The van der Waals surface area contributed by atoms with Crippen LogP contribution < -0.4 is 5.32 Å². The summed E-state index contributed by atoms with van der Waals surface area (Å²) >= 11 is 0. The monoisotopic (exact) mass is 476 g/mol. The topological polar surface area (TPSA) is 95.9 Å². The highest BCUT2D eigenvalue weighted by atomic mass is 16.5. The number of aliphatic carboxylic acids is 1. The number of carbonyl (C=O) groups is 3. The van der Waals surface area contributed by atoms with Gasteiger partial charge in [-0.1, -0.05) is 68.3 Å². The standard InChI is InChI=1S/C28H32N2O5/c1-18-7-6-13-28(15-18,26(33)30-14-12-19(16-30)25(31)32)29-27(34)35-17-24-22-10-4-2-8-20(22)21-9-3-5-11-23(21)24/h2-5,8-11,18-19,24H,6-7,12-17H2,1H3,(H,29,34)(H,31,32). The molecule has 7 nitrogen and oxygen atoms in total. The fourth-order valence-electron chi connectivity index (χ4n) is 6.19. The van der Waals surface area contributed by atoms with Crippen molar-refractivity contribution >= 4 is 18.0 Å². The summed E-state index contributed by atoms with van der Waals surface area (Å²) in [6.07, 6.45) is 2.74. The van der Waals surface area contributed by atoms with Crippen LogP contribution in [-0.2, 0) is 14.3 Å². The molecule has 1 saturated heterocycles. The Hall–Kier alpha value is -3.35. The minimum Gasteiger partial charge on any atom is -0.481 e. The summed E-state index contributed by atoms with van der Waals surface area (Å²) in [6, 6.07) is 16.3. The molecule has 3 atom stereocenters. The van der Waals surface area contributed by atoms with Crippen molar-refractivity contribution in [2.75, 3.05) is 19.7 Å². The van der Waals surface area contributed by atoms with Crippen LogP contribution in [0.2, 0.25) is 0 Å². The molecule has 3 unspecified atom stereocenters. The zero-order valence-electron chi connectivity index (χ0n) is 20.0. The van der Waals surface area contributed by atoms with Gasteiger partial charge in [0.15, 0.2) is 0 Å². The molecule has 2 aromatic rings. The molecule has 1 heterocycles. The summed E-state index contributed by atoms with van der Waals surface area (Å²) in [5, 5.41) is 12.3. The third kappa shape index (κ3) is 4.40. The first-order valence-electron chi connectivity index (χ1n) is 12.5. The number of amides is 2. The second-order valence-electron chi connectivity index (χ2n) is 10.3. The first kappa shape index (κ1) is 23.4. The van der Waals surface area contributed by atoms with Crippen LogP contribution in [0.25, 0.3) is 11.1 Å². The number of hydrogen-bond acceptors (Lipinski definition) is 4. The summed E-state index contributed by atoms with van der Waals surface area (Å²) in [7, 11) is 0. The normalized spacial score (nSPS) is 25.6. The van der Waals surface area contributed by atoms with Crippen molar-refractivity contribution in [1.82, 2.24) is 10.2 Å². The molecule has 2 aliphatic carbocycles. The van der Waals surface area contributed by atoms with Gasteiger partial charge >= 0.3 is 12.1 Å². The lowest BCUT2D eigenvalue weighted by molar-refractivity contribution is -0.142. The molecule has 0 radical (unpaired) electrons. The van der Waals surface area contributed by atoms with Crippen molar-refractivity contribution in [3.8, 4) is 11.1 Å². The van der Waals surface area contributed by atoms with E-state index in [2.05, 4.69) is 36.5 Å². The highest BCUT2D eigenvalue weighted by Gasteiger charge is 2.47. The molecule has 2 N–H and O–H groups in total. The Morgan fingerprint density at radius 3 is 2.31 bits per heavy atom. The quantitative estimate of drug-likeness (QED) is 0.667. The average molecular weight is 477 g/mol. The van der Waals surface area contributed by atoms with Crippen molar-refractivity contribution in [2.45, 2.75) is 50.5 Å². The van der Waals surface area contributed by atoms with Crippen LogP contribution in [0, 0.1) is 11.8 Å². The fourth-order valence-corrected chi connectivity index (χ4v) is 6.19. The van der Waals surface area contributed by atoms with Crippen LogP contribution in [0.4, 0.5) is 4.79 Å². The van der Waals surface area contributed by atoms with E-state index in [1.807, 2.05) is 24.3 Å². The molecule has 1 saturated carbocycles. The summed E-state index contributed by atoms with van der Waals surface area (Å²) in [5.41, 5.74) is 3.54. The molecule has 5 rings (SSSR count). The second-order valence-corrected chi connectivity index (χ2v) is 10.3. The smallest absolute Gasteiger partial charge is 0.408 e. The van der Waals surface area contributed by atoms with E-state index in [4.69, 9.17) is 4.74 Å². The van der Waals surface area contributed by atoms with Gasteiger partial charge in [0.25, 0.3) is 0 Å². The average Bonchev–Trinajstić information content (AvgIpc) is 3.46. The highest BCUT2D eigenvalue weighted by molar-refractivity contribution is 5.91. The zero-order chi connectivity index (χ0) is 24.6. The van der Waals surface area contributed by atoms with Gasteiger partial charge in [-0.25, -0.2) is 4.79 Å². The van der Waals surface area contributed by atoms with Gasteiger partial charge in [0.1, 0.15) is 12.1 Å². The number of carbonyl (C=O) groups excluding carboxylic acids is 2. The third-order valence-corrected chi connectivity index (χ3v) is 7.92. The molecule has 35 heavy (non-hydrogen) atoms. The number of fused-ring (bicyclic) bond motifs is 3. The molecule has 1 aliphatic heterocycles. The van der Waals surface area contributed by atoms with Gasteiger partial charge in [0, 0.05) is 19.0 Å². The van der Waals surface area contributed by atoms with Crippen molar-refractivity contribution in [3.05, 3.63) is 59.7 Å². The van der Waals surface area contributed by atoms with Crippen molar-refractivity contribution in [2.24, 2.45) is 11.8 Å². The van der Waals surface area contributed by atoms with Gasteiger partial charge in [0.05, 0.1) is 5.92 Å². The number of nitrogens with zero attached hydrogens (tertiary/aromatic N) is 1. The molecular formula is C28H32N2O5. The molecule has 2 amide bonds. The van der Waals surface area contributed by atoms with Crippen molar-refractivity contribution in [1.29, 1.82) is 0 Å². The summed E-state index contributed by atoms with van der Waals surface area (Å²) in [4.78, 5) is 39.7. The van der Waals surface area contributed by atoms with Gasteiger partial charge in [-0.2, -0.15) is 0 Å². The van der Waals surface area contributed by atoms with E-state index in [1.54, 1.807) is 4.90 Å². The number of benzene rings is 2. The van der Waals surface area contributed by atoms with E-state index >= 15 is 0 Å². The molecule has 0 aromatic heterocycles. The first-order valence-corrected chi connectivity index (χ1v) is 12.5. The van der Waals surface area contributed by atoms with E-state index in [0.717, 1.165) is 35.1 Å². The third-order valence-electron chi connectivity index (χ3n) is 7.92. The number of nitrogens with one attached hydrogen (secondary N) is 1. The van der Waals surface area contributed by atoms with E-state index in [-0.39, 0.29) is 30.9 Å². The van der Waals surface area contributed by atoms with Crippen LogP contribution in [0.15, 0.2) is 48.5 Å². The first-order chi connectivity index (χ1) is 16.9. The number of carboxylic acid groups (broad SMARTS) is 1. The summed E-state index contributed by atoms with van der Waals surface area (Å²) in [5.74, 6) is -1.39. The maximum absolute atomic E-state index is 13.6. The molecule has 2 fully saturated rings. The lowest BCUT2D eigenvalue weighted by Crippen LogP contribution is -2.61. The van der Waals surface area contributed by atoms with Gasteiger partial charge in [-0.3, -0.25) is 9.59 Å². The van der Waals surface area contributed by atoms with Crippen molar-refractivity contribution in [3.63, 3.8) is 0 Å². The van der Waals surface area contributed by atoms with Gasteiger partial charge in [0.2, 0.25) is 5.91 Å². The number of alkyl carbamates (subject to hydrolysis) is 1. The second kappa shape index (κ2) is 9.36. The van der Waals surface area contributed by atoms with Gasteiger partial charge in [-0.05, 0) is 47.4 Å². The van der Waals surface area contributed by atoms with E-state index in [0.29, 0.717) is 25.8 Å². The maximum atomic E-state index is 13.6. The van der Waals surface area contributed by atoms with Gasteiger partial charge in [-0.15, -0.1) is 0 Å². The lowest BCUT2D eigenvalue weighted by atomic mass is 9.75. The number of rotatable bonds is 5. The fraction of sp³-hybridized carbons (Fsp3) is 0.464. The van der Waals surface area contributed by atoms with E-state index < -0.39 is 23.5 Å². The number of hydrogen-bond donors (Lipinski definition) is 2. The predicted molar refractivity (Wildman–Crippen MR) is 131 cm³/mol. The van der Waals surface area contributed by atoms with Crippen LogP contribution in [0.3, 0.4) is 0 Å². The molecule has 184 valence electrons. The lowest BCUT2D eigenvalue weighted by Gasteiger charge is -2.41. The number of ether oxygens (including phenoxy) is 1. The SMILES string of the molecule is CC1CCCC(NC(=O)OCC2c3ccccc3-c3ccccc32)(C(=O)N2CCC(C(=O)O)C2)C1. The van der Waals surface area contributed by atoms with Crippen molar-refractivity contribution < 1.29 is 24.2 Å². The Balaban J connectivity index is 1.31.